The molecule has 1 aliphatic rings. The standard InChI is InChI=1S/C20H22ClNO4S/c1-11-6-15(7-12(2)18(11)21)26-9-14-8-13(4-5-17(14)25-3)19-22-16(10-27-19)20(23)24/h4-8,16,19,22H,9-10H2,1-3H3,(H,23,24)/t16-,19-/m0/s1. The van der Waals surface area contributed by atoms with E-state index < -0.39 is 12.0 Å². The van der Waals surface area contributed by atoms with Gasteiger partial charge in [-0.25, -0.2) is 0 Å². The molecule has 2 N–H and O–H groups in total. The number of carbonyl (C=O) groups is 1. The number of hydrogen-bond donors (Lipinski definition) is 2. The van der Waals surface area contributed by atoms with Crippen LogP contribution in [0, 0.1) is 13.8 Å². The molecule has 3 rings (SSSR count). The Morgan fingerprint density at radius 3 is 2.59 bits per heavy atom. The average Bonchev–Trinajstić information content (AvgIpc) is 3.14. The van der Waals surface area contributed by atoms with Crippen LogP contribution >= 0.6 is 23.4 Å². The van der Waals surface area contributed by atoms with Crippen molar-refractivity contribution in [2.24, 2.45) is 0 Å². The molecule has 2 atom stereocenters. The van der Waals surface area contributed by atoms with Crippen LogP contribution in [0.15, 0.2) is 30.3 Å². The van der Waals surface area contributed by atoms with Gasteiger partial charge in [-0.05, 0) is 54.8 Å². The number of aliphatic carboxylic acids is 1. The van der Waals surface area contributed by atoms with Crippen LogP contribution < -0.4 is 14.8 Å². The van der Waals surface area contributed by atoms with Crippen LogP contribution in [0.4, 0.5) is 0 Å². The van der Waals surface area contributed by atoms with E-state index in [-0.39, 0.29) is 5.37 Å². The molecule has 1 fully saturated rings. The minimum Gasteiger partial charge on any atom is -0.496 e. The molecule has 2 aromatic carbocycles. The minimum absolute atomic E-state index is 0.0595. The van der Waals surface area contributed by atoms with E-state index >= 15 is 0 Å². The molecular weight excluding hydrogens is 386 g/mol. The molecule has 0 bridgehead atoms. The number of methoxy groups -OCH3 is 1. The van der Waals surface area contributed by atoms with E-state index in [0.717, 1.165) is 38.8 Å². The van der Waals surface area contributed by atoms with Gasteiger partial charge in [0.05, 0.1) is 12.5 Å². The molecule has 0 aliphatic carbocycles. The predicted octanol–water partition coefficient (Wildman–Crippen LogP) is 4.33. The molecule has 1 aliphatic heterocycles. The molecular formula is C20H22ClNO4S. The minimum atomic E-state index is -0.824. The lowest BCUT2D eigenvalue weighted by Crippen LogP contribution is -2.33. The molecule has 0 saturated carbocycles. The highest BCUT2D eigenvalue weighted by Gasteiger charge is 2.30. The second kappa shape index (κ2) is 8.42. The zero-order chi connectivity index (χ0) is 19.6. The summed E-state index contributed by atoms with van der Waals surface area (Å²) in [6.45, 7) is 4.24. The van der Waals surface area contributed by atoms with Crippen molar-refractivity contribution >= 4 is 29.3 Å². The Hall–Kier alpha value is -1.89. The highest BCUT2D eigenvalue weighted by Crippen LogP contribution is 2.35. The Kier molecular flexibility index (Phi) is 6.19. The summed E-state index contributed by atoms with van der Waals surface area (Å²) in [7, 11) is 1.62. The number of carboxylic acid groups (broad SMARTS) is 1. The molecule has 0 radical (unpaired) electrons. The summed E-state index contributed by atoms with van der Waals surface area (Å²) in [5, 5.41) is 13.0. The molecule has 7 heteroatoms. The summed E-state index contributed by atoms with van der Waals surface area (Å²) in [4.78, 5) is 11.2. The molecule has 27 heavy (non-hydrogen) atoms. The Labute approximate surface area is 168 Å². The van der Waals surface area contributed by atoms with Crippen molar-refractivity contribution < 1.29 is 19.4 Å². The third kappa shape index (κ3) is 4.51. The maximum Gasteiger partial charge on any atom is 0.321 e. The smallest absolute Gasteiger partial charge is 0.321 e. The first-order valence-electron chi connectivity index (χ1n) is 8.56. The van der Waals surface area contributed by atoms with Crippen LogP contribution in [0.1, 0.15) is 27.6 Å². The largest absolute Gasteiger partial charge is 0.496 e. The van der Waals surface area contributed by atoms with Crippen molar-refractivity contribution in [2.45, 2.75) is 31.9 Å². The summed E-state index contributed by atoms with van der Waals surface area (Å²) in [5.41, 5.74) is 3.85. The van der Waals surface area contributed by atoms with Crippen molar-refractivity contribution in [1.29, 1.82) is 0 Å². The Morgan fingerprint density at radius 2 is 2.00 bits per heavy atom. The van der Waals surface area contributed by atoms with Gasteiger partial charge in [0.1, 0.15) is 24.1 Å². The second-order valence-electron chi connectivity index (χ2n) is 6.50. The number of nitrogens with one attached hydrogen (secondary N) is 1. The summed E-state index contributed by atoms with van der Waals surface area (Å²) < 4.78 is 11.4. The third-order valence-electron chi connectivity index (χ3n) is 4.49. The fourth-order valence-electron chi connectivity index (χ4n) is 3.03. The SMILES string of the molecule is COc1ccc([C@H]2N[C@H](C(=O)O)CS2)cc1COc1cc(C)c(Cl)c(C)c1. The van der Waals surface area contributed by atoms with Crippen LogP contribution in [-0.4, -0.2) is 30.0 Å². The van der Waals surface area contributed by atoms with Crippen molar-refractivity contribution in [2.75, 3.05) is 12.9 Å². The van der Waals surface area contributed by atoms with Crippen molar-refractivity contribution in [3.05, 3.63) is 57.6 Å². The monoisotopic (exact) mass is 407 g/mol. The van der Waals surface area contributed by atoms with Crippen molar-refractivity contribution in [3.8, 4) is 11.5 Å². The highest BCUT2D eigenvalue weighted by atomic mass is 35.5. The van der Waals surface area contributed by atoms with Crippen molar-refractivity contribution in [3.63, 3.8) is 0 Å². The summed E-state index contributed by atoms with van der Waals surface area (Å²) >= 11 is 7.80. The predicted molar refractivity (Wildman–Crippen MR) is 108 cm³/mol. The Morgan fingerprint density at radius 1 is 1.30 bits per heavy atom. The van der Waals surface area contributed by atoms with Gasteiger partial charge in [0, 0.05) is 16.3 Å². The van der Waals surface area contributed by atoms with Gasteiger partial charge in [-0.2, -0.15) is 0 Å². The lowest BCUT2D eigenvalue weighted by atomic mass is 10.1. The van der Waals surface area contributed by atoms with Gasteiger partial charge in [-0.1, -0.05) is 17.7 Å². The number of ether oxygens (including phenoxy) is 2. The normalized spacial score (nSPS) is 19.1. The first-order chi connectivity index (χ1) is 12.9. The van der Waals surface area contributed by atoms with Gasteiger partial charge in [0.25, 0.3) is 0 Å². The zero-order valence-corrected chi connectivity index (χ0v) is 17.0. The van der Waals surface area contributed by atoms with E-state index in [1.807, 2.05) is 44.2 Å². The van der Waals surface area contributed by atoms with Crippen LogP contribution in [-0.2, 0) is 11.4 Å². The Balaban J connectivity index is 1.77. The fraction of sp³-hybridized carbons (Fsp3) is 0.350. The number of carboxylic acids is 1. The van der Waals surface area contributed by atoms with Gasteiger partial charge < -0.3 is 14.6 Å². The van der Waals surface area contributed by atoms with E-state index in [1.165, 1.54) is 0 Å². The van der Waals surface area contributed by atoms with E-state index in [2.05, 4.69) is 5.32 Å². The maximum absolute atomic E-state index is 11.2. The number of rotatable bonds is 6. The first-order valence-corrected chi connectivity index (χ1v) is 9.98. The molecule has 2 aromatic rings. The number of hydrogen-bond acceptors (Lipinski definition) is 5. The van der Waals surface area contributed by atoms with Gasteiger partial charge in [-0.3, -0.25) is 10.1 Å². The third-order valence-corrected chi connectivity index (χ3v) is 6.36. The van der Waals surface area contributed by atoms with Gasteiger partial charge >= 0.3 is 5.97 Å². The van der Waals surface area contributed by atoms with E-state index in [4.69, 9.17) is 26.2 Å². The second-order valence-corrected chi connectivity index (χ2v) is 8.02. The highest BCUT2D eigenvalue weighted by molar-refractivity contribution is 7.99. The van der Waals surface area contributed by atoms with Gasteiger partial charge in [0.2, 0.25) is 0 Å². The Bertz CT molecular complexity index is 835. The average molecular weight is 408 g/mol. The number of aryl methyl sites for hydroxylation is 2. The first kappa shape index (κ1) is 19.9. The summed E-state index contributed by atoms with van der Waals surface area (Å²) in [6.07, 6.45) is 0. The quantitative estimate of drug-likeness (QED) is 0.742. The molecule has 5 nitrogen and oxygen atoms in total. The zero-order valence-electron chi connectivity index (χ0n) is 15.4. The number of thioether (sulfide) groups is 1. The molecule has 1 saturated heterocycles. The number of benzene rings is 2. The van der Waals surface area contributed by atoms with Gasteiger partial charge in [-0.15, -0.1) is 11.8 Å². The van der Waals surface area contributed by atoms with Gasteiger partial charge in [0.15, 0.2) is 0 Å². The molecule has 0 amide bonds. The topological polar surface area (TPSA) is 67.8 Å². The summed E-state index contributed by atoms with van der Waals surface area (Å²) in [5.74, 6) is 1.21. The van der Waals surface area contributed by atoms with Crippen molar-refractivity contribution in [1.82, 2.24) is 5.32 Å². The lowest BCUT2D eigenvalue weighted by molar-refractivity contribution is -0.138. The van der Waals surface area contributed by atoms with E-state index in [9.17, 15) is 4.79 Å². The number of halogens is 1. The van der Waals surface area contributed by atoms with E-state index in [0.29, 0.717) is 12.4 Å². The molecule has 0 spiro atoms. The fourth-order valence-corrected chi connectivity index (χ4v) is 4.36. The molecule has 1 heterocycles. The van der Waals surface area contributed by atoms with E-state index in [1.54, 1.807) is 18.9 Å². The summed E-state index contributed by atoms with van der Waals surface area (Å²) in [6, 6.07) is 9.15. The maximum atomic E-state index is 11.2. The van der Waals surface area contributed by atoms with Crippen LogP contribution in [0.2, 0.25) is 5.02 Å². The lowest BCUT2D eigenvalue weighted by Gasteiger charge is -2.16. The molecule has 0 aromatic heterocycles. The molecule has 0 unspecified atom stereocenters. The van der Waals surface area contributed by atoms with Crippen LogP contribution in [0.25, 0.3) is 0 Å². The van der Waals surface area contributed by atoms with Crippen LogP contribution in [0.3, 0.4) is 0 Å². The molecule has 144 valence electrons. The van der Waals surface area contributed by atoms with Crippen LogP contribution in [0.5, 0.6) is 11.5 Å².